The molecule has 0 nitrogen and oxygen atoms in total. The summed E-state index contributed by atoms with van der Waals surface area (Å²) in [4.78, 5) is 0. The Morgan fingerprint density at radius 1 is 0.619 bits per heavy atom. The van der Waals surface area contributed by atoms with Crippen molar-refractivity contribution in [2.24, 2.45) is 0 Å². The van der Waals surface area contributed by atoms with E-state index in [1.54, 1.807) is 7.16 Å². The molecule has 0 spiro atoms. The molecule has 0 amide bonds. The molecule has 0 aliphatic heterocycles. The molecule has 0 fully saturated rings. The van der Waals surface area contributed by atoms with Crippen LogP contribution < -0.4 is 7.16 Å². The maximum absolute atomic E-state index is 2.35. The van der Waals surface area contributed by atoms with E-state index in [1.807, 2.05) is 0 Å². The average molecular weight is 378 g/mol. The van der Waals surface area contributed by atoms with Gasteiger partial charge in [0, 0.05) is 0 Å². The molecular formula is C20H19Sn+. The maximum atomic E-state index is 2.35. The van der Waals surface area contributed by atoms with Gasteiger partial charge in [0.05, 0.1) is 0 Å². The van der Waals surface area contributed by atoms with Gasteiger partial charge < -0.3 is 0 Å². The van der Waals surface area contributed by atoms with Gasteiger partial charge in [-0.1, -0.05) is 0 Å². The fraction of sp³-hybridized carbons (Fsp3) is 0.100. The first-order valence-corrected chi connectivity index (χ1v) is 12.2. The second kappa shape index (κ2) is 6.95. The van der Waals surface area contributed by atoms with Crippen LogP contribution in [-0.4, -0.2) is 19.8 Å². The molecule has 0 aliphatic carbocycles. The molecule has 0 aliphatic rings. The molecule has 21 heavy (non-hydrogen) atoms. The first-order valence-electron chi connectivity index (χ1n) is 7.35. The molecule has 0 bridgehead atoms. The Bertz CT molecular complexity index is 672. The van der Waals surface area contributed by atoms with Gasteiger partial charge in [0.2, 0.25) is 0 Å². The Labute approximate surface area is 134 Å². The molecule has 0 aromatic heterocycles. The van der Waals surface area contributed by atoms with Crippen molar-refractivity contribution in [2.45, 2.75) is 11.4 Å². The summed E-state index contributed by atoms with van der Waals surface area (Å²) in [5.74, 6) is 0. The van der Waals surface area contributed by atoms with Gasteiger partial charge in [0.25, 0.3) is 0 Å². The summed E-state index contributed by atoms with van der Waals surface area (Å²) in [7, 11) is 0. The third-order valence-corrected chi connectivity index (χ3v) is 11.8. The van der Waals surface area contributed by atoms with Crippen molar-refractivity contribution in [3.05, 3.63) is 96.1 Å². The molecule has 0 unspecified atom stereocenters. The third-order valence-electron chi connectivity index (χ3n) is 3.75. The molecule has 3 aromatic rings. The van der Waals surface area contributed by atoms with Gasteiger partial charge >= 0.3 is 134 Å². The topological polar surface area (TPSA) is 0 Å². The zero-order chi connectivity index (χ0) is 14.5. The van der Waals surface area contributed by atoms with Crippen LogP contribution in [0.2, 0.25) is 0 Å². The summed E-state index contributed by atoms with van der Waals surface area (Å²) >= 11 is -1.87. The Hall–Kier alpha value is -1.54. The predicted octanol–water partition coefficient (Wildman–Crippen LogP) is 3.39. The van der Waals surface area contributed by atoms with Crippen LogP contribution in [0.5, 0.6) is 0 Å². The summed E-state index contributed by atoms with van der Waals surface area (Å²) in [6, 6.07) is 31.2. The van der Waals surface area contributed by atoms with Crippen LogP contribution in [0.1, 0.15) is 11.1 Å². The minimum atomic E-state index is -1.87. The molecule has 0 heterocycles. The number of benzene rings is 3. The second-order valence-corrected chi connectivity index (χ2v) is 12.4. The normalized spacial score (nSPS) is 10.3. The van der Waals surface area contributed by atoms with Crippen molar-refractivity contribution in [1.82, 2.24) is 0 Å². The first-order chi connectivity index (χ1) is 10.3. The van der Waals surface area contributed by atoms with Crippen molar-refractivity contribution in [3.8, 4) is 0 Å². The van der Waals surface area contributed by atoms with E-state index >= 15 is 0 Å². The number of aryl methyl sites for hydroxylation is 1. The van der Waals surface area contributed by atoms with Crippen LogP contribution in [0.25, 0.3) is 0 Å². The van der Waals surface area contributed by atoms with E-state index in [0.717, 1.165) is 0 Å². The Morgan fingerprint density at radius 2 is 1.14 bits per heavy atom. The van der Waals surface area contributed by atoms with E-state index in [1.165, 1.54) is 15.6 Å². The van der Waals surface area contributed by atoms with Crippen molar-refractivity contribution >= 4 is 26.9 Å². The molecule has 3 aromatic carbocycles. The molecular weight excluding hydrogens is 359 g/mol. The van der Waals surface area contributed by atoms with E-state index in [4.69, 9.17) is 0 Å². The molecule has 0 saturated carbocycles. The first kappa shape index (κ1) is 14.4. The molecule has 0 atom stereocenters. The average Bonchev–Trinajstić information content (AvgIpc) is 2.55. The molecule has 0 saturated heterocycles. The van der Waals surface area contributed by atoms with Crippen LogP contribution in [0.15, 0.2) is 84.9 Å². The SMILES string of the molecule is Cc1cc[c]([Sn+]([CH2]c2ccccc2)[c]2ccccc2)cc1. The monoisotopic (exact) mass is 379 g/mol. The summed E-state index contributed by atoms with van der Waals surface area (Å²) in [5.41, 5.74) is 2.81. The van der Waals surface area contributed by atoms with E-state index in [-0.39, 0.29) is 0 Å². The quantitative estimate of drug-likeness (QED) is 0.611. The summed E-state index contributed by atoms with van der Waals surface area (Å²) < 4.78 is 4.39. The number of hydrogen-bond donors (Lipinski definition) is 0. The van der Waals surface area contributed by atoms with E-state index < -0.39 is 19.8 Å². The van der Waals surface area contributed by atoms with Gasteiger partial charge in [-0.05, 0) is 0 Å². The van der Waals surface area contributed by atoms with Crippen molar-refractivity contribution in [1.29, 1.82) is 0 Å². The van der Waals surface area contributed by atoms with Crippen molar-refractivity contribution in [3.63, 3.8) is 0 Å². The van der Waals surface area contributed by atoms with E-state index in [9.17, 15) is 0 Å². The summed E-state index contributed by atoms with van der Waals surface area (Å²) in [6.45, 7) is 2.16. The van der Waals surface area contributed by atoms with Crippen LogP contribution in [0.3, 0.4) is 0 Å². The molecule has 0 radical (unpaired) electrons. The Morgan fingerprint density at radius 3 is 1.76 bits per heavy atom. The van der Waals surface area contributed by atoms with Gasteiger partial charge in [-0.25, -0.2) is 0 Å². The fourth-order valence-corrected chi connectivity index (χ4v) is 9.84. The number of rotatable bonds is 4. The summed E-state index contributed by atoms with van der Waals surface area (Å²) in [6.07, 6.45) is 0. The minimum absolute atomic E-state index is 1.23. The van der Waals surface area contributed by atoms with Crippen LogP contribution in [-0.2, 0) is 4.44 Å². The molecule has 3 rings (SSSR count). The van der Waals surface area contributed by atoms with Gasteiger partial charge in [0.1, 0.15) is 0 Å². The van der Waals surface area contributed by atoms with Gasteiger partial charge in [-0.15, -0.1) is 0 Å². The molecule has 0 N–H and O–H groups in total. The zero-order valence-electron chi connectivity index (χ0n) is 12.3. The number of hydrogen-bond acceptors (Lipinski definition) is 0. The Balaban J connectivity index is 1.97. The summed E-state index contributed by atoms with van der Waals surface area (Å²) in [5, 5.41) is 0. The van der Waals surface area contributed by atoms with Crippen LogP contribution in [0.4, 0.5) is 0 Å². The second-order valence-electron chi connectivity index (χ2n) is 5.37. The van der Waals surface area contributed by atoms with Crippen molar-refractivity contribution in [2.75, 3.05) is 0 Å². The molecule has 1 heteroatoms. The van der Waals surface area contributed by atoms with Crippen LogP contribution in [0, 0.1) is 6.92 Å². The Kier molecular flexibility index (Phi) is 4.76. The van der Waals surface area contributed by atoms with Gasteiger partial charge in [-0.3, -0.25) is 0 Å². The van der Waals surface area contributed by atoms with E-state index in [0.29, 0.717) is 0 Å². The van der Waals surface area contributed by atoms with E-state index in [2.05, 4.69) is 91.9 Å². The zero-order valence-corrected chi connectivity index (χ0v) is 15.1. The predicted molar refractivity (Wildman–Crippen MR) is 92.8 cm³/mol. The van der Waals surface area contributed by atoms with Crippen molar-refractivity contribution < 1.29 is 0 Å². The standard InChI is InChI=1S/2C7H7.C6H5.Sn/c2*1-7-5-3-2-4-6-7;1-2-4-6-5-3-1;/h3-6H,1H3;2-6H,1H2;1-5H;/q;;;+1. The molecule has 102 valence electrons. The third kappa shape index (κ3) is 3.76. The fourth-order valence-electron chi connectivity index (χ4n) is 2.56. The van der Waals surface area contributed by atoms with Gasteiger partial charge in [0.15, 0.2) is 0 Å². The van der Waals surface area contributed by atoms with Gasteiger partial charge in [-0.2, -0.15) is 0 Å². The van der Waals surface area contributed by atoms with Crippen LogP contribution >= 0.6 is 0 Å².